The largest absolute Gasteiger partial charge is 0.495 e. The molecule has 1 aliphatic rings. The topological polar surface area (TPSA) is 75.6 Å². The number of rotatable bonds is 4. The Morgan fingerprint density at radius 3 is 2.57 bits per heavy atom. The summed E-state index contributed by atoms with van der Waals surface area (Å²) in [4.78, 5) is 23.6. The van der Waals surface area contributed by atoms with E-state index in [1.54, 1.807) is 18.2 Å². The van der Waals surface area contributed by atoms with Crippen LogP contribution in [-0.2, 0) is 9.59 Å². The van der Waals surface area contributed by atoms with Gasteiger partial charge in [0.25, 0.3) is 0 Å². The van der Waals surface area contributed by atoms with E-state index in [-0.39, 0.29) is 5.91 Å². The molecular weight excluding hydrogens is 338 g/mol. The van der Waals surface area contributed by atoms with Crippen LogP contribution in [0.5, 0.6) is 5.75 Å². The van der Waals surface area contributed by atoms with Crippen molar-refractivity contribution in [3.63, 3.8) is 0 Å². The minimum atomic E-state index is -0.944. The van der Waals surface area contributed by atoms with Crippen molar-refractivity contribution in [2.75, 3.05) is 12.4 Å². The molecule has 0 fully saturated rings. The summed E-state index contributed by atoms with van der Waals surface area (Å²) >= 11 is 3.33. The number of hydrogen-bond donors (Lipinski definition) is 2. The molecule has 6 heteroatoms. The van der Waals surface area contributed by atoms with E-state index in [4.69, 9.17) is 4.74 Å². The number of hydrogen-bond acceptors (Lipinski definition) is 3. The average molecular weight is 354 g/mol. The standard InChI is InChI=1S/C15H16BrNO4/c1-21-13-7-6-9(16)8-12(13)17-14(18)10-4-2-3-5-11(10)15(19)20/h2-3,6-8,10-11H,4-5H2,1H3,(H,17,18)(H,19,20). The van der Waals surface area contributed by atoms with Crippen LogP contribution in [0.4, 0.5) is 5.69 Å². The third kappa shape index (κ3) is 3.64. The van der Waals surface area contributed by atoms with Crippen LogP contribution in [0.3, 0.4) is 0 Å². The van der Waals surface area contributed by atoms with Gasteiger partial charge in [0.1, 0.15) is 5.75 Å². The minimum Gasteiger partial charge on any atom is -0.495 e. The van der Waals surface area contributed by atoms with Crippen LogP contribution in [0.2, 0.25) is 0 Å². The van der Waals surface area contributed by atoms with Gasteiger partial charge in [0.2, 0.25) is 5.91 Å². The molecule has 2 atom stereocenters. The molecule has 21 heavy (non-hydrogen) atoms. The molecule has 0 radical (unpaired) electrons. The SMILES string of the molecule is COc1ccc(Br)cc1NC(=O)C1CC=CCC1C(=O)O. The number of halogens is 1. The molecule has 0 saturated heterocycles. The maximum absolute atomic E-state index is 12.4. The maximum atomic E-state index is 12.4. The number of benzene rings is 1. The number of ether oxygens (including phenoxy) is 1. The molecule has 0 spiro atoms. The van der Waals surface area contributed by atoms with Gasteiger partial charge in [-0.2, -0.15) is 0 Å². The van der Waals surface area contributed by atoms with Crippen LogP contribution in [0, 0.1) is 11.8 Å². The van der Waals surface area contributed by atoms with E-state index in [2.05, 4.69) is 21.2 Å². The number of carbonyl (C=O) groups excluding carboxylic acids is 1. The number of nitrogens with one attached hydrogen (secondary N) is 1. The monoisotopic (exact) mass is 353 g/mol. The fraction of sp³-hybridized carbons (Fsp3) is 0.333. The lowest BCUT2D eigenvalue weighted by Crippen LogP contribution is -2.34. The van der Waals surface area contributed by atoms with Gasteiger partial charge in [0, 0.05) is 4.47 Å². The van der Waals surface area contributed by atoms with Crippen molar-refractivity contribution in [2.24, 2.45) is 11.8 Å². The van der Waals surface area contributed by atoms with Crippen molar-refractivity contribution in [2.45, 2.75) is 12.8 Å². The Kier molecular flexibility index (Phi) is 5.01. The highest BCUT2D eigenvalue weighted by atomic mass is 79.9. The van der Waals surface area contributed by atoms with Gasteiger partial charge >= 0.3 is 5.97 Å². The zero-order valence-corrected chi connectivity index (χ0v) is 13.1. The first kappa shape index (κ1) is 15.6. The van der Waals surface area contributed by atoms with E-state index < -0.39 is 17.8 Å². The van der Waals surface area contributed by atoms with E-state index in [1.807, 2.05) is 12.2 Å². The summed E-state index contributed by atoms with van der Waals surface area (Å²) in [6.45, 7) is 0. The minimum absolute atomic E-state index is 0.303. The molecule has 1 amide bonds. The van der Waals surface area contributed by atoms with Crippen molar-refractivity contribution >= 4 is 33.5 Å². The Bertz CT molecular complexity index is 585. The predicted octanol–water partition coefficient (Wildman–Crippen LogP) is 3.06. The van der Waals surface area contributed by atoms with Gasteiger partial charge in [-0.15, -0.1) is 0 Å². The zero-order chi connectivity index (χ0) is 15.4. The first-order valence-electron chi connectivity index (χ1n) is 6.55. The molecule has 0 aliphatic heterocycles. The van der Waals surface area contributed by atoms with Crippen molar-refractivity contribution in [1.82, 2.24) is 0 Å². The van der Waals surface area contributed by atoms with Gasteiger partial charge in [-0.3, -0.25) is 9.59 Å². The fourth-order valence-corrected chi connectivity index (χ4v) is 2.74. The quantitative estimate of drug-likeness (QED) is 0.815. The zero-order valence-electron chi connectivity index (χ0n) is 11.5. The highest BCUT2D eigenvalue weighted by Gasteiger charge is 2.34. The Hall–Kier alpha value is -1.82. The van der Waals surface area contributed by atoms with E-state index in [0.717, 1.165) is 4.47 Å². The number of anilines is 1. The van der Waals surface area contributed by atoms with Gasteiger partial charge in [0.15, 0.2) is 0 Å². The second-order valence-electron chi connectivity index (χ2n) is 4.83. The third-order valence-electron chi connectivity index (χ3n) is 3.51. The average Bonchev–Trinajstić information content (AvgIpc) is 2.47. The Morgan fingerprint density at radius 2 is 1.95 bits per heavy atom. The molecule has 0 saturated carbocycles. The fourth-order valence-electron chi connectivity index (χ4n) is 2.38. The summed E-state index contributed by atoms with van der Waals surface area (Å²) < 4.78 is 6.00. The molecular formula is C15H16BrNO4. The van der Waals surface area contributed by atoms with Crippen LogP contribution in [-0.4, -0.2) is 24.1 Å². The number of methoxy groups -OCH3 is 1. The van der Waals surface area contributed by atoms with Gasteiger partial charge in [-0.1, -0.05) is 28.1 Å². The molecule has 2 N–H and O–H groups in total. The molecule has 2 rings (SSSR count). The van der Waals surface area contributed by atoms with Gasteiger partial charge in [-0.25, -0.2) is 0 Å². The number of aliphatic carboxylic acids is 1. The Balaban J connectivity index is 2.19. The summed E-state index contributed by atoms with van der Waals surface area (Å²) in [7, 11) is 1.52. The maximum Gasteiger partial charge on any atom is 0.307 e. The van der Waals surface area contributed by atoms with E-state index in [9.17, 15) is 14.7 Å². The predicted molar refractivity (Wildman–Crippen MR) is 82.3 cm³/mol. The normalized spacial score (nSPS) is 20.9. The number of allylic oxidation sites excluding steroid dienone is 2. The molecule has 1 aromatic rings. The molecule has 1 aliphatic carbocycles. The summed E-state index contributed by atoms with van der Waals surface area (Å²) in [5.41, 5.74) is 0.524. The van der Waals surface area contributed by atoms with Crippen molar-refractivity contribution < 1.29 is 19.4 Å². The molecule has 0 heterocycles. The first-order valence-corrected chi connectivity index (χ1v) is 7.34. The highest BCUT2D eigenvalue weighted by molar-refractivity contribution is 9.10. The smallest absolute Gasteiger partial charge is 0.307 e. The summed E-state index contributed by atoms with van der Waals surface area (Å²) in [6, 6.07) is 5.26. The van der Waals surface area contributed by atoms with Crippen LogP contribution in [0.1, 0.15) is 12.8 Å². The van der Waals surface area contributed by atoms with Crippen LogP contribution in [0.25, 0.3) is 0 Å². The molecule has 0 bridgehead atoms. The third-order valence-corrected chi connectivity index (χ3v) is 4.00. The molecule has 5 nitrogen and oxygen atoms in total. The van der Waals surface area contributed by atoms with E-state index >= 15 is 0 Å². The Labute approximate surface area is 131 Å². The Morgan fingerprint density at radius 1 is 1.29 bits per heavy atom. The first-order chi connectivity index (χ1) is 10.0. The lowest BCUT2D eigenvalue weighted by atomic mass is 9.82. The summed E-state index contributed by atoms with van der Waals surface area (Å²) in [6.07, 6.45) is 4.46. The van der Waals surface area contributed by atoms with Gasteiger partial charge in [0.05, 0.1) is 24.6 Å². The van der Waals surface area contributed by atoms with Gasteiger partial charge in [-0.05, 0) is 31.0 Å². The second kappa shape index (κ2) is 6.76. The van der Waals surface area contributed by atoms with E-state index in [0.29, 0.717) is 24.3 Å². The number of carboxylic acid groups (broad SMARTS) is 1. The van der Waals surface area contributed by atoms with Crippen molar-refractivity contribution in [3.05, 3.63) is 34.8 Å². The number of amides is 1. The van der Waals surface area contributed by atoms with Crippen LogP contribution >= 0.6 is 15.9 Å². The van der Waals surface area contributed by atoms with Gasteiger partial charge < -0.3 is 15.2 Å². The highest BCUT2D eigenvalue weighted by Crippen LogP contribution is 2.31. The lowest BCUT2D eigenvalue weighted by molar-refractivity contribution is -0.146. The molecule has 1 aromatic carbocycles. The molecule has 2 unspecified atom stereocenters. The second-order valence-corrected chi connectivity index (χ2v) is 5.74. The number of carboxylic acids is 1. The lowest BCUT2D eigenvalue weighted by Gasteiger charge is -2.24. The van der Waals surface area contributed by atoms with Crippen molar-refractivity contribution in [1.29, 1.82) is 0 Å². The molecule has 0 aromatic heterocycles. The number of carbonyl (C=O) groups is 2. The van der Waals surface area contributed by atoms with Crippen LogP contribution in [0.15, 0.2) is 34.8 Å². The summed E-state index contributed by atoms with van der Waals surface area (Å²) in [5, 5.41) is 12.0. The molecule has 112 valence electrons. The van der Waals surface area contributed by atoms with Crippen molar-refractivity contribution in [3.8, 4) is 5.75 Å². The summed E-state index contributed by atoms with van der Waals surface area (Å²) in [5.74, 6) is -1.97. The van der Waals surface area contributed by atoms with E-state index in [1.165, 1.54) is 7.11 Å². The van der Waals surface area contributed by atoms with Crippen LogP contribution < -0.4 is 10.1 Å².